The number of nitrogens with two attached hydrogens (primary N) is 1. The lowest BCUT2D eigenvalue weighted by atomic mass is 10.2. The van der Waals surface area contributed by atoms with Crippen LogP contribution in [-0.2, 0) is 0 Å². The van der Waals surface area contributed by atoms with Gasteiger partial charge in [-0.25, -0.2) is 9.79 Å². The van der Waals surface area contributed by atoms with E-state index in [9.17, 15) is 4.79 Å². The Morgan fingerprint density at radius 2 is 1.84 bits per heavy atom. The third kappa shape index (κ3) is 4.24. The molecule has 0 aliphatic carbocycles. The summed E-state index contributed by atoms with van der Waals surface area (Å²) in [5, 5.41) is 2.62. The van der Waals surface area contributed by atoms with E-state index < -0.39 is 0 Å². The van der Waals surface area contributed by atoms with Crippen molar-refractivity contribution in [3.8, 4) is 0 Å². The van der Waals surface area contributed by atoms with Crippen molar-refractivity contribution in [2.45, 2.75) is 25.7 Å². The lowest BCUT2D eigenvalue weighted by Gasteiger charge is -2.20. The van der Waals surface area contributed by atoms with E-state index in [1.54, 1.807) is 29.4 Å². The van der Waals surface area contributed by atoms with Crippen molar-refractivity contribution in [2.75, 3.05) is 13.1 Å². The van der Waals surface area contributed by atoms with Crippen LogP contribution in [-0.4, -0.2) is 35.0 Å². The highest BCUT2D eigenvalue weighted by atomic mass is 16.2. The van der Waals surface area contributed by atoms with Crippen LogP contribution in [0.3, 0.4) is 0 Å². The van der Waals surface area contributed by atoms with Crippen molar-refractivity contribution in [3.63, 3.8) is 0 Å². The number of nitrogens with one attached hydrogen (secondary N) is 1. The van der Waals surface area contributed by atoms with Gasteiger partial charge in [-0.2, -0.15) is 0 Å². The van der Waals surface area contributed by atoms with Crippen molar-refractivity contribution in [1.29, 1.82) is 0 Å². The van der Waals surface area contributed by atoms with E-state index in [1.807, 2.05) is 0 Å². The molecule has 1 aromatic rings. The first-order valence-corrected chi connectivity index (χ1v) is 6.56. The maximum atomic E-state index is 12.0. The van der Waals surface area contributed by atoms with Gasteiger partial charge in [-0.05, 0) is 25.0 Å². The number of amides is 2. The number of aliphatic imine (C=N–C) groups is 1. The van der Waals surface area contributed by atoms with Crippen LogP contribution < -0.4 is 11.1 Å². The summed E-state index contributed by atoms with van der Waals surface area (Å²) < 4.78 is 0. The molecule has 1 aromatic heterocycles. The molecule has 6 nitrogen and oxygen atoms in total. The number of pyridine rings is 1. The second-order valence-electron chi connectivity index (χ2n) is 4.53. The number of guanidine groups is 1. The molecular formula is C13H19N5O. The fraction of sp³-hybridized carbons (Fsp3) is 0.462. The molecule has 0 atom stereocenters. The van der Waals surface area contributed by atoms with E-state index in [4.69, 9.17) is 5.73 Å². The molecule has 19 heavy (non-hydrogen) atoms. The van der Waals surface area contributed by atoms with Crippen molar-refractivity contribution in [1.82, 2.24) is 15.2 Å². The maximum absolute atomic E-state index is 12.0. The molecule has 102 valence electrons. The zero-order chi connectivity index (χ0) is 13.5. The average Bonchev–Trinajstić information content (AvgIpc) is 2.68. The smallest absolute Gasteiger partial charge is 0.324 e. The van der Waals surface area contributed by atoms with Gasteiger partial charge in [0, 0.05) is 25.5 Å². The standard InChI is InChI=1S/C13H19N5O/c14-12(16-11-5-7-15-8-6-11)17-13(19)18-9-3-1-2-4-10-18/h5-8H,1-4,9-10H2,(H3,14,15,16,17,19). The minimum atomic E-state index is -0.169. The molecule has 1 fully saturated rings. The fourth-order valence-corrected chi connectivity index (χ4v) is 2.05. The van der Waals surface area contributed by atoms with E-state index in [0.29, 0.717) is 5.69 Å². The summed E-state index contributed by atoms with van der Waals surface area (Å²) in [5.74, 6) is 0.112. The number of hydrogen-bond donors (Lipinski definition) is 2. The van der Waals surface area contributed by atoms with Gasteiger partial charge in [-0.1, -0.05) is 12.8 Å². The van der Waals surface area contributed by atoms with Crippen molar-refractivity contribution in [3.05, 3.63) is 24.5 Å². The quantitative estimate of drug-likeness (QED) is 0.595. The van der Waals surface area contributed by atoms with Gasteiger partial charge in [0.1, 0.15) is 0 Å². The molecule has 0 saturated carbocycles. The summed E-state index contributed by atoms with van der Waals surface area (Å²) in [5.41, 5.74) is 6.39. The third-order valence-corrected chi connectivity index (χ3v) is 3.04. The number of hydrogen-bond acceptors (Lipinski definition) is 3. The van der Waals surface area contributed by atoms with Crippen molar-refractivity contribution >= 4 is 17.7 Å². The maximum Gasteiger partial charge on any atom is 0.324 e. The number of urea groups is 1. The van der Waals surface area contributed by atoms with Crippen LogP contribution in [0.4, 0.5) is 10.5 Å². The Bertz CT molecular complexity index is 438. The SMILES string of the molecule is NC(=Nc1ccncc1)NC(=O)N1CCCCCC1. The number of rotatable bonds is 1. The average molecular weight is 261 g/mol. The van der Waals surface area contributed by atoms with Crippen LogP contribution >= 0.6 is 0 Å². The Kier molecular flexibility index (Phi) is 4.72. The predicted molar refractivity (Wildman–Crippen MR) is 74.1 cm³/mol. The molecule has 1 saturated heterocycles. The van der Waals surface area contributed by atoms with Gasteiger partial charge in [0.05, 0.1) is 5.69 Å². The zero-order valence-electron chi connectivity index (χ0n) is 10.9. The second kappa shape index (κ2) is 6.72. The van der Waals surface area contributed by atoms with Crippen LogP contribution in [0.15, 0.2) is 29.5 Å². The highest BCUT2D eigenvalue weighted by Gasteiger charge is 2.15. The number of carbonyl (C=O) groups excluding carboxylic acids is 1. The van der Waals surface area contributed by atoms with Crippen LogP contribution in [0.1, 0.15) is 25.7 Å². The van der Waals surface area contributed by atoms with Gasteiger partial charge < -0.3 is 10.6 Å². The Balaban J connectivity index is 1.92. The molecule has 3 N–H and O–H groups in total. The number of likely N-dealkylation sites (tertiary alicyclic amines) is 1. The molecule has 0 unspecified atom stereocenters. The number of carbonyl (C=O) groups is 1. The Morgan fingerprint density at radius 1 is 1.21 bits per heavy atom. The first-order valence-electron chi connectivity index (χ1n) is 6.56. The van der Waals surface area contributed by atoms with E-state index in [0.717, 1.165) is 25.9 Å². The molecule has 2 amide bonds. The molecule has 0 spiro atoms. The Labute approximate surface area is 112 Å². The summed E-state index contributed by atoms with van der Waals surface area (Å²) >= 11 is 0. The van der Waals surface area contributed by atoms with Crippen LogP contribution in [0, 0.1) is 0 Å². The lowest BCUT2D eigenvalue weighted by molar-refractivity contribution is 0.205. The summed E-state index contributed by atoms with van der Waals surface area (Å²) in [6, 6.07) is 3.29. The van der Waals surface area contributed by atoms with E-state index in [-0.39, 0.29) is 12.0 Å². The largest absolute Gasteiger partial charge is 0.369 e. The zero-order valence-corrected chi connectivity index (χ0v) is 10.9. The van der Waals surface area contributed by atoms with Crippen LogP contribution in [0.2, 0.25) is 0 Å². The summed E-state index contributed by atoms with van der Waals surface area (Å²) in [4.78, 5) is 21.8. The highest BCUT2D eigenvalue weighted by Crippen LogP contribution is 2.10. The van der Waals surface area contributed by atoms with E-state index in [2.05, 4.69) is 15.3 Å². The van der Waals surface area contributed by atoms with E-state index >= 15 is 0 Å². The summed E-state index contributed by atoms with van der Waals surface area (Å²) in [7, 11) is 0. The van der Waals surface area contributed by atoms with Gasteiger partial charge in [-0.15, -0.1) is 0 Å². The molecule has 2 rings (SSSR count). The molecule has 2 heterocycles. The number of nitrogens with zero attached hydrogens (tertiary/aromatic N) is 3. The summed E-state index contributed by atoms with van der Waals surface area (Å²) in [6.45, 7) is 1.57. The Morgan fingerprint density at radius 3 is 2.47 bits per heavy atom. The molecular weight excluding hydrogens is 242 g/mol. The highest BCUT2D eigenvalue weighted by molar-refractivity contribution is 5.96. The lowest BCUT2D eigenvalue weighted by Crippen LogP contribution is -2.46. The normalized spacial score (nSPS) is 16.8. The summed E-state index contributed by atoms with van der Waals surface area (Å²) in [6.07, 6.45) is 7.73. The van der Waals surface area contributed by atoms with Crippen LogP contribution in [0.25, 0.3) is 0 Å². The fourth-order valence-electron chi connectivity index (χ4n) is 2.05. The van der Waals surface area contributed by atoms with Crippen molar-refractivity contribution < 1.29 is 4.79 Å². The van der Waals surface area contributed by atoms with Gasteiger partial charge in [-0.3, -0.25) is 10.3 Å². The van der Waals surface area contributed by atoms with E-state index in [1.165, 1.54) is 12.8 Å². The monoisotopic (exact) mass is 261 g/mol. The van der Waals surface area contributed by atoms with Gasteiger partial charge >= 0.3 is 6.03 Å². The first-order chi connectivity index (χ1) is 9.25. The first kappa shape index (κ1) is 13.3. The van der Waals surface area contributed by atoms with Gasteiger partial charge in [0.25, 0.3) is 0 Å². The molecule has 0 aromatic carbocycles. The second-order valence-corrected chi connectivity index (χ2v) is 4.53. The predicted octanol–water partition coefficient (Wildman–Crippen LogP) is 1.61. The molecule has 0 radical (unpaired) electrons. The van der Waals surface area contributed by atoms with Gasteiger partial charge in [0.2, 0.25) is 5.96 Å². The number of aromatic nitrogens is 1. The topological polar surface area (TPSA) is 83.6 Å². The molecule has 6 heteroatoms. The minimum absolute atomic E-state index is 0.112. The molecule has 0 bridgehead atoms. The third-order valence-electron chi connectivity index (χ3n) is 3.04. The van der Waals surface area contributed by atoms with Gasteiger partial charge in [0.15, 0.2) is 0 Å². The minimum Gasteiger partial charge on any atom is -0.369 e. The molecule has 1 aliphatic heterocycles. The van der Waals surface area contributed by atoms with Crippen LogP contribution in [0.5, 0.6) is 0 Å². The van der Waals surface area contributed by atoms with Crippen molar-refractivity contribution in [2.24, 2.45) is 10.7 Å². The Hall–Kier alpha value is -2.11. The molecule has 1 aliphatic rings.